The largest absolute Gasteiger partial charge is 0.314 e. The molecule has 3 heteroatoms. The van der Waals surface area contributed by atoms with Crippen LogP contribution < -0.4 is 10.6 Å². The third kappa shape index (κ3) is 1.78. The molecule has 2 aliphatic rings. The van der Waals surface area contributed by atoms with Crippen LogP contribution in [0.25, 0.3) is 0 Å². The van der Waals surface area contributed by atoms with Crippen LogP contribution in [0.15, 0.2) is 0 Å². The third-order valence-electron chi connectivity index (χ3n) is 3.06. The number of hydrogen-bond acceptors (Lipinski definition) is 3. The molecule has 0 bridgehead atoms. The number of rotatable bonds is 0. The average Bonchev–Trinajstić information content (AvgIpc) is 2.31. The zero-order valence-electron chi connectivity index (χ0n) is 7.64. The van der Waals surface area contributed by atoms with E-state index in [0.717, 1.165) is 19.0 Å². The minimum absolute atomic E-state index is 0.200. The molecule has 0 aromatic rings. The van der Waals surface area contributed by atoms with Crippen LogP contribution in [0.1, 0.15) is 19.8 Å². The van der Waals surface area contributed by atoms with Crippen molar-refractivity contribution in [3.8, 4) is 0 Å². The minimum Gasteiger partial charge on any atom is -0.314 e. The first-order chi connectivity index (χ1) is 5.67. The molecule has 2 rings (SSSR count). The quantitative estimate of drug-likeness (QED) is 0.484. The van der Waals surface area contributed by atoms with Crippen LogP contribution in [0, 0.1) is 5.92 Å². The Morgan fingerprint density at radius 3 is 3.17 bits per heavy atom. The molecule has 12 heavy (non-hydrogen) atoms. The van der Waals surface area contributed by atoms with Gasteiger partial charge in [-0.2, -0.15) is 12.6 Å². The molecule has 2 saturated heterocycles. The van der Waals surface area contributed by atoms with Crippen molar-refractivity contribution in [3.63, 3.8) is 0 Å². The molecule has 0 radical (unpaired) electrons. The van der Waals surface area contributed by atoms with Gasteiger partial charge >= 0.3 is 0 Å². The van der Waals surface area contributed by atoms with E-state index in [-0.39, 0.29) is 4.75 Å². The summed E-state index contributed by atoms with van der Waals surface area (Å²) in [4.78, 5) is 0. The Hall–Kier alpha value is 0.270. The summed E-state index contributed by atoms with van der Waals surface area (Å²) in [5, 5.41) is 7.01. The molecule has 0 aromatic heterocycles. The highest BCUT2D eigenvalue weighted by molar-refractivity contribution is 7.81. The van der Waals surface area contributed by atoms with Crippen molar-refractivity contribution in [1.82, 2.24) is 10.6 Å². The van der Waals surface area contributed by atoms with Crippen molar-refractivity contribution >= 4 is 12.6 Å². The van der Waals surface area contributed by atoms with Crippen LogP contribution in [-0.4, -0.2) is 30.4 Å². The Morgan fingerprint density at radius 2 is 2.33 bits per heavy atom. The van der Waals surface area contributed by atoms with E-state index in [0.29, 0.717) is 6.04 Å². The number of fused-ring (bicyclic) bond motifs is 1. The predicted octanol–water partition coefficient (Wildman–Crippen LogP) is 0.646. The molecule has 0 amide bonds. The van der Waals surface area contributed by atoms with Crippen molar-refractivity contribution in [2.45, 2.75) is 30.6 Å². The van der Waals surface area contributed by atoms with Crippen molar-refractivity contribution in [3.05, 3.63) is 0 Å². The molecule has 0 aromatic carbocycles. The van der Waals surface area contributed by atoms with Crippen LogP contribution in [0.2, 0.25) is 0 Å². The lowest BCUT2D eigenvalue weighted by Crippen LogP contribution is -2.36. The standard InChI is InChI=1S/C9H18N2S/c1-9(12)4-7-2-3-11-8(7)5-10-6-9/h7-8,10-12H,2-6H2,1H3. The molecule has 2 fully saturated rings. The summed E-state index contributed by atoms with van der Waals surface area (Å²) < 4.78 is 0.200. The first-order valence-corrected chi connectivity index (χ1v) is 5.29. The Labute approximate surface area is 79.9 Å². The van der Waals surface area contributed by atoms with E-state index in [4.69, 9.17) is 0 Å². The third-order valence-corrected chi connectivity index (χ3v) is 3.40. The molecule has 0 spiro atoms. The van der Waals surface area contributed by atoms with Gasteiger partial charge in [-0.25, -0.2) is 0 Å². The Kier molecular flexibility index (Phi) is 2.36. The lowest BCUT2D eigenvalue weighted by Gasteiger charge is -2.24. The van der Waals surface area contributed by atoms with Crippen LogP contribution in [-0.2, 0) is 0 Å². The van der Waals surface area contributed by atoms with Gasteiger partial charge in [-0.3, -0.25) is 0 Å². The number of hydrogen-bond donors (Lipinski definition) is 3. The summed E-state index contributed by atoms with van der Waals surface area (Å²) in [6.07, 6.45) is 2.59. The SMILES string of the molecule is CC1(S)CNCC2NCCC2C1. The first kappa shape index (κ1) is 8.85. The van der Waals surface area contributed by atoms with Gasteiger partial charge in [-0.1, -0.05) is 0 Å². The van der Waals surface area contributed by atoms with Crippen molar-refractivity contribution < 1.29 is 0 Å². The molecule has 0 saturated carbocycles. The smallest absolute Gasteiger partial charge is 0.0229 e. The lowest BCUT2D eigenvalue weighted by molar-refractivity contribution is 0.417. The lowest BCUT2D eigenvalue weighted by atomic mass is 9.91. The summed E-state index contributed by atoms with van der Waals surface area (Å²) in [5.41, 5.74) is 0. The maximum absolute atomic E-state index is 4.68. The van der Waals surface area contributed by atoms with Crippen LogP contribution in [0.3, 0.4) is 0 Å². The fraction of sp³-hybridized carbons (Fsp3) is 1.00. The van der Waals surface area contributed by atoms with Gasteiger partial charge in [0.15, 0.2) is 0 Å². The minimum atomic E-state index is 0.200. The van der Waals surface area contributed by atoms with E-state index in [1.807, 2.05) is 0 Å². The van der Waals surface area contributed by atoms with E-state index in [1.165, 1.54) is 19.4 Å². The monoisotopic (exact) mass is 186 g/mol. The highest BCUT2D eigenvalue weighted by Crippen LogP contribution is 2.31. The van der Waals surface area contributed by atoms with Gasteiger partial charge in [-0.05, 0) is 32.2 Å². The fourth-order valence-corrected chi connectivity index (χ4v) is 2.79. The maximum Gasteiger partial charge on any atom is 0.0229 e. The topological polar surface area (TPSA) is 24.1 Å². The van der Waals surface area contributed by atoms with Crippen molar-refractivity contribution in [2.24, 2.45) is 5.92 Å². The summed E-state index contributed by atoms with van der Waals surface area (Å²) in [6.45, 7) is 5.61. The zero-order chi connectivity index (χ0) is 8.60. The van der Waals surface area contributed by atoms with E-state index in [2.05, 4.69) is 30.2 Å². The van der Waals surface area contributed by atoms with E-state index < -0.39 is 0 Å². The van der Waals surface area contributed by atoms with Crippen molar-refractivity contribution in [1.29, 1.82) is 0 Å². The van der Waals surface area contributed by atoms with E-state index >= 15 is 0 Å². The van der Waals surface area contributed by atoms with Gasteiger partial charge in [-0.15, -0.1) is 0 Å². The molecule has 70 valence electrons. The molecule has 2 heterocycles. The van der Waals surface area contributed by atoms with Crippen molar-refractivity contribution in [2.75, 3.05) is 19.6 Å². The van der Waals surface area contributed by atoms with E-state index in [9.17, 15) is 0 Å². The highest BCUT2D eigenvalue weighted by Gasteiger charge is 2.35. The Bertz CT molecular complexity index is 170. The number of thiol groups is 1. The van der Waals surface area contributed by atoms with Gasteiger partial charge in [0.2, 0.25) is 0 Å². The summed E-state index contributed by atoms with van der Waals surface area (Å²) in [5.74, 6) is 0.850. The zero-order valence-corrected chi connectivity index (χ0v) is 8.53. The molecular weight excluding hydrogens is 168 g/mol. The summed E-state index contributed by atoms with van der Waals surface area (Å²) >= 11 is 4.68. The van der Waals surface area contributed by atoms with Gasteiger partial charge < -0.3 is 10.6 Å². The Morgan fingerprint density at radius 1 is 1.50 bits per heavy atom. The van der Waals surface area contributed by atoms with Gasteiger partial charge in [0.25, 0.3) is 0 Å². The second-order valence-corrected chi connectivity index (χ2v) is 5.52. The predicted molar refractivity (Wildman–Crippen MR) is 54.8 cm³/mol. The molecule has 2 aliphatic heterocycles. The summed E-state index contributed by atoms with van der Waals surface area (Å²) in [6, 6.07) is 0.707. The number of nitrogens with one attached hydrogen (secondary N) is 2. The van der Waals surface area contributed by atoms with Crippen LogP contribution >= 0.6 is 12.6 Å². The van der Waals surface area contributed by atoms with Crippen LogP contribution in [0.4, 0.5) is 0 Å². The van der Waals surface area contributed by atoms with E-state index in [1.54, 1.807) is 0 Å². The van der Waals surface area contributed by atoms with Gasteiger partial charge in [0, 0.05) is 23.9 Å². The summed E-state index contributed by atoms with van der Waals surface area (Å²) in [7, 11) is 0. The molecule has 0 aliphatic carbocycles. The molecule has 2 N–H and O–H groups in total. The van der Waals surface area contributed by atoms with Crippen LogP contribution in [0.5, 0.6) is 0 Å². The highest BCUT2D eigenvalue weighted by atomic mass is 32.1. The average molecular weight is 186 g/mol. The molecule has 2 nitrogen and oxygen atoms in total. The van der Waals surface area contributed by atoms with Gasteiger partial charge in [0.1, 0.15) is 0 Å². The molecular formula is C9H18N2S. The second-order valence-electron chi connectivity index (χ2n) is 4.44. The second kappa shape index (κ2) is 3.20. The normalized spacial score (nSPS) is 48.5. The first-order valence-electron chi connectivity index (χ1n) is 4.84. The Balaban J connectivity index is 2.04. The maximum atomic E-state index is 4.68. The fourth-order valence-electron chi connectivity index (χ4n) is 2.44. The molecule has 3 atom stereocenters. The molecule has 3 unspecified atom stereocenters. The van der Waals surface area contributed by atoms with Gasteiger partial charge in [0.05, 0.1) is 0 Å².